The molecule has 1 heterocycles. The van der Waals surface area contributed by atoms with Gasteiger partial charge < -0.3 is 9.88 Å². The van der Waals surface area contributed by atoms with Crippen LogP contribution in [0.15, 0.2) is 66.1 Å². The highest BCUT2D eigenvalue weighted by atomic mass is 35.5. The van der Waals surface area contributed by atoms with Crippen molar-refractivity contribution in [3.05, 3.63) is 71.8 Å². The second kappa shape index (κ2) is 6.89. The lowest BCUT2D eigenvalue weighted by molar-refractivity contribution is 0.102. The third-order valence-electron chi connectivity index (χ3n) is 3.35. The molecule has 3 rings (SSSR count). The van der Waals surface area contributed by atoms with Crippen molar-refractivity contribution in [2.24, 2.45) is 0 Å². The predicted molar refractivity (Wildman–Crippen MR) is 94.8 cm³/mol. The van der Waals surface area contributed by atoms with Crippen molar-refractivity contribution in [1.82, 2.24) is 9.55 Å². The molecule has 1 aromatic heterocycles. The van der Waals surface area contributed by atoms with Crippen molar-refractivity contribution in [1.29, 1.82) is 0 Å². The summed E-state index contributed by atoms with van der Waals surface area (Å²) >= 11 is 7.73. The van der Waals surface area contributed by atoms with Crippen LogP contribution in [0.5, 0.6) is 0 Å². The first kappa shape index (κ1) is 15.6. The lowest BCUT2D eigenvalue weighted by atomic mass is 10.2. The van der Waals surface area contributed by atoms with Crippen LogP contribution in [0, 0.1) is 0 Å². The quantitative estimate of drug-likeness (QED) is 0.709. The number of carbonyl (C=O) groups is 1. The molecule has 0 bridgehead atoms. The van der Waals surface area contributed by atoms with Gasteiger partial charge in [-0.1, -0.05) is 23.7 Å². The fourth-order valence-electron chi connectivity index (χ4n) is 2.20. The Morgan fingerprint density at radius 3 is 2.83 bits per heavy atom. The number of benzene rings is 2. The zero-order valence-corrected chi connectivity index (χ0v) is 13.9. The van der Waals surface area contributed by atoms with Gasteiger partial charge >= 0.3 is 0 Å². The number of hydrogen-bond donors (Lipinski definition) is 1. The number of thioether (sulfide) groups is 1. The average Bonchev–Trinajstić information content (AvgIpc) is 3.10. The highest BCUT2D eigenvalue weighted by Gasteiger charge is 2.13. The standard InChI is InChI=1S/C17H14ClN3OS/c1-23-12-6-7-14(18)13(10-12)17(22)20-15-4-2-3-5-16(15)21-9-8-19-11-21/h2-11H,1H3,(H,20,22). The van der Waals surface area contributed by atoms with Crippen LogP contribution in [0.2, 0.25) is 5.02 Å². The molecule has 0 spiro atoms. The Labute approximate surface area is 143 Å². The van der Waals surface area contributed by atoms with E-state index in [-0.39, 0.29) is 5.91 Å². The molecule has 0 saturated carbocycles. The van der Waals surface area contributed by atoms with Crippen molar-refractivity contribution < 1.29 is 4.79 Å². The van der Waals surface area contributed by atoms with Gasteiger partial charge in [0, 0.05) is 17.3 Å². The van der Waals surface area contributed by atoms with Gasteiger partial charge in [0.25, 0.3) is 5.91 Å². The van der Waals surface area contributed by atoms with Crippen LogP contribution in [0.1, 0.15) is 10.4 Å². The van der Waals surface area contributed by atoms with Crippen molar-refractivity contribution in [2.75, 3.05) is 11.6 Å². The van der Waals surface area contributed by atoms with Crippen LogP contribution >= 0.6 is 23.4 Å². The third kappa shape index (κ3) is 3.41. The molecule has 3 aromatic rings. The van der Waals surface area contributed by atoms with Gasteiger partial charge in [0.05, 0.1) is 28.3 Å². The molecule has 2 aromatic carbocycles. The summed E-state index contributed by atoms with van der Waals surface area (Å²) in [5.41, 5.74) is 2.00. The van der Waals surface area contributed by atoms with Gasteiger partial charge in [0.2, 0.25) is 0 Å². The van der Waals surface area contributed by atoms with Gasteiger partial charge in [-0.3, -0.25) is 4.79 Å². The summed E-state index contributed by atoms with van der Waals surface area (Å²) in [7, 11) is 0. The van der Waals surface area contributed by atoms with E-state index in [9.17, 15) is 4.79 Å². The zero-order valence-electron chi connectivity index (χ0n) is 12.4. The number of aromatic nitrogens is 2. The Morgan fingerprint density at radius 1 is 1.26 bits per heavy atom. The molecule has 0 aliphatic rings. The molecule has 0 atom stereocenters. The first-order chi connectivity index (χ1) is 11.2. The molecule has 23 heavy (non-hydrogen) atoms. The molecule has 6 heteroatoms. The molecule has 1 amide bonds. The normalized spacial score (nSPS) is 10.5. The van der Waals surface area contributed by atoms with Crippen molar-refractivity contribution in [2.45, 2.75) is 4.90 Å². The fraction of sp³-hybridized carbons (Fsp3) is 0.0588. The van der Waals surface area contributed by atoms with Crippen LogP contribution in [0.3, 0.4) is 0 Å². The average molecular weight is 344 g/mol. The van der Waals surface area contributed by atoms with Crippen LogP contribution in [0.4, 0.5) is 5.69 Å². The van der Waals surface area contributed by atoms with E-state index >= 15 is 0 Å². The van der Waals surface area contributed by atoms with Crippen LogP contribution in [-0.2, 0) is 0 Å². The smallest absolute Gasteiger partial charge is 0.257 e. The van der Waals surface area contributed by atoms with Gasteiger partial charge in [-0.05, 0) is 36.6 Å². The summed E-state index contributed by atoms with van der Waals surface area (Å²) in [5.74, 6) is -0.238. The Morgan fingerprint density at radius 2 is 2.09 bits per heavy atom. The molecule has 1 N–H and O–H groups in total. The second-order valence-corrected chi connectivity index (χ2v) is 6.07. The monoisotopic (exact) mass is 343 g/mol. The van der Waals surface area contributed by atoms with Crippen molar-refractivity contribution >= 4 is 35.0 Å². The Hall–Kier alpha value is -2.24. The first-order valence-corrected chi connectivity index (χ1v) is 8.51. The van der Waals surface area contributed by atoms with E-state index in [1.807, 2.05) is 47.4 Å². The summed E-state index contributed by atoms with van der Waals surface area (Å²) < 4.78 is 1.84. The number of carbonyl (C=O) groups excluding carboxylic acids is 1. The molecular weight excluding hydrogens is 330 g/mol. The van der Waals surface area contributed by atoms with E-state index in [1.165, 1.54) is 0 Å². The van der Waals surface area contributed by atoms with E-state index < -0.39 is 0 Å². The number of hydrogen-bond acceptors (Lipinski definition) is 3. The number of nitrogens with zero attached hydrogens (tertiary/aromatic N) is 2. The second-order valence-electron chi connectivity index (χ2n) is 4.79. The molecule has 0 fully saturated rings. The molecule has 0 saturated heterocycles. The number of halogens is 1. The molecule has 0 radical (unpaired) electrons. The van der Waals surface area contributed by atoms with Gasteiger partial charge in [-0.2, -0.15) is 0 Å². The van der Waals surface area contributed by atoms with E-state index in [4.69, 9.17) is 11.6 Å². The largest absolute Gasteiger partial charge is 0.320 e. The van der Waals surface area contributed by atoms with Gasteiger partial charge in [0.1, 0.15) is 0 Å². The number of para-hydroxylation sites is 2. The molecule has 116 valence electrons. The SMILES string of the molecule is CSc1ccc(Cl)c(C(=O)Nc2ccccc2-n2ccnc2)c1. The molecule has 0 unspecified atom stereocenters. The maximum Gasteiger partial charge on any atom is 0.257 e. The summed E-state index contributed by atoms with van der Waals surface area (Å²) in [5, 5.41) is 3.36. The van der Waals surface area contributed by atoms with Crippen molar-refractivity contribution in [3.63, 3.8) is 0 Å². The van der Waals surface area contributed by atoms with Crippen LogP contribution in [0.25, 0.3) is 5.69 Å². The zero-order chi connectivity index (χ0) is 16.2. The highest BCUT2D eigenvalue weighted by molar-refractivity contribution is 7.98. The number of amides is 1. The molecule has 4 nitrogen and oxygen atoms in total. The maximum absolute atomic E-state index is 12.6. The maximum atomic E-state index is 12.6. The van der Waals surface area contributed by atoms with E-state index in [0.717, 1.165) is 10.6 Å². The molecule has 0 aliphatic heterocycles. The Kier molecular flexibility index (Phi) is 4.69. The van der Waals surface area contributed by atoms with Crippen LogP contribution < -0.4 is 5.32 Å². The first-order valence-electron chi connectivity index (χ1n) is 6.91. The minimum absolute atomic E-state index is 0.238. The van der Waals surface area contributed by atoms with Crippen molar-refractivity contribution in [3.8, 4) is 5.69 Å². The lowest BCUT2D eigenvalue weighted by Crippen LogP contribution is -2.14. The molecule has 0 aliphatic carbocycles. The number of rotatable bonds is 4. The minimum Gasteiger partial charge on any atom is -0.320 e. The van der Waals surface area contributed by atoms with E-state index in [2.05, 4.69) is 10.3 Å². The Bertz CT molecular complexity index is 834. The number of imidazole rings is 1. The van der Waals surface area contributed by atoms with Crippen LogP contribution in [-0.4, -0.2) is 21.7 Å². The lowest BCUT2D eigenvalue weighted by Gasteiger charge is -2.12. The summed E-state index contributed by atoms with van der Waals surface area (Å²) in [6, 6.07) is 13.0. The molecular formula is C17H14ClN3OS. The highest BCUT2D eigenvalue weighted by Crippen LogP contribution is 2.25. The fourth-order valence-corrected chi connectivity index (χ4v) is 2.84. The van der Waals surface area contributed by atoms with Gasteiger partial charge in [-0.25, -0.2) is 4.98 Å². The third-order valence-corrected chi connectivity index (χ3v) is 4.41. The summed E-state index contributed by atoms with van der Waals surface area (Å²) in [4.78, 5) is 17.6. The predicted octanol–water partition coefficient (Wildman–Crippen LogP) is 4.50. The number of nitrogens with one attached hydrogen (secondary N) is 1. The van der Waals surface area contributed by atoms with E-state index in [0.29, 0.717) is 16.3 Å². The van der Waals surface area contributed by atoms with E-state index in [1.54, 1.807) is 36.4 Å². The minimum atomic E-state index is -0.238. The Balaban J connectivity index is 1.93. The summed E-state index contributed by atoms with van der Waals surface area (Å²) in [6.45, 7) is 0. The topological polar surface area (TPSA) is 46.9 Å². The van der Waals surface area contributed by atoms with Gasteiger partial charge in [0.15, 0.2) is 0 Å². The number of anilines is 1. The van der Waals surface area contributed by atoms with Gasteiger partial charge in [-0.15, -0.1) is 11.8 Å². The summed E-state index contributed by atoms with van der Waals surface area (Å²) in [6.07, 6.45) is 7.16.